The third-order valence-corrected chi connectivity index (χ3v) is 3.62. The number of aromatic nitrogens is 1. The first-order valence-electron chi connectivity index (χ1n) is 5.16. The van der Waals surface area contributed by atoms with Gasteiger partial charge in [-0.15, -0.1) is 11.3 Å². The molecule has 16 heavy (non-hydrogen) atoms. The van der Waals surface area contributed by atoms with Gasteiger partial charge in [0.15, 0.2) is 0 Å². The van der Waals surface area contributed by atoms with Crippen LogP contribution >= 0.6 is 11.3 Å². The van der Waals surface area contributed by atoms with Crippen molar-refractivity contribution in [3.63, 3.8) is 0 Å². The van der Waals surface area contributed by atoms with Crippen LogP contribution in [0.5, 0.6) is 5.75 Å². The van der Waals surface area contributed by atoms with Gasteiger partial charge < -0.3 is 10.8 Å². The molecule has 1 heterocycles. The van der Waals surface area contributed by atoms with Crippen LogP contribution in [-0.4, -0.2) is 16.6 Å². The number of phenolic OH excluding ortho intramolecular Hbond substituents is 1. The fourth-order valence-electron chi connectivity index (χ4n) is 1.55. The van der Waals surface area contributed by atoms with Crippen molar-refractivity contribution in [1.82, 2.24) is 4.98 Å². The van der Waals surface area contributed by atoms with E-state index in [1.165, 1.54) is 4.88 Å². The molecule has 0 fully saturated rings. The Morgan fingerprint density at radius 1 is 1.44 bits per heavy atom. The number of hydrogen-bond acceptors (Lipinski definition) is 4. The standard InChI is InChI=1S/C12H14N2OS/c1-8-11(5-6-13)16-12(14-8)9-3-2-4-10(15)7-9/h2-4,7,15H,5-6,13H2,1H3. The molecule has 0 saturated heterocycles. The monoisotopic (exact) mass is 234 g/mol. The Hall–Kier alpha value is -1.39. The van der Waals surface area contributed by atoms with Gasteiger partial charge in [0, 0.05) is 10.4 Å². The molecule has 0 unspecified atom stereocenters. The van der Waals surface area contributed by atoms with Crippen LogP contribution in [0.15, 0.2) is 24.3 Å². The Balaban J connectivity index is 2.37. The molecule has 0 aliphatic rings. The largest absolute Gasteiger partial charge is 0.508 e. The lowest BCUT2D eigenvalue weighted by Gasteiger charge is -1.96. The smallest absolute Gasteiger partial charge is 0.123 e. The fourth-order valence-corrected chi connectivity index (χ4v) is 2.63. The van der Waals surface area contributed by atoms with Crippen LogP contribution in [-0.2, 0) is 6.42 Å². The first-order valence-corrected chi connectivity index (χ1v) is 5.98. The van der Waals surface area contributed by atoms with E-state index in [0.717, 1.165) is 22.7 Å². The first-order chi connectivity index (χ1) is 7.70. The molecule has 0 aliphatic heterocycles. The molecule has 4 heteroatoms. The van der Waals surface area contributed by atoms with Crippen LogP contribution < -0.4 is 5.73 Å². The summed E-state index contributed by atoms with van der Waals surface area (Å²) < 4.78 is 0. The van der Waals surface area contributed by atoms with Crippen LogP contribution in [0.3, 0.4) is 0 Å². The minimum Gasteiger partial charge on any atom is -0.508 e. The van der Waals surface area contributed by atoms with E-state index in [4.69, 9.17) is 5.73 Å². The number of aryl methyl sites for hydroxylation is 1. The highest BCUT2D eigenvalue weighted by atomic mass is 32.1. The minimum atomic E-state index is 0.269. The second-order valence-corrected chi connectivity index (χ2v) is 4.70. The summed E-state index contributed by atoms with van der Waals surface area (Å²) in [6, 6.07) is 7.16. The summed E-state index contributed by atoms with van der Waals surface area (Å²) in [5, 5.41) is 10.4. The van der Waals surface area contributed by atoms with Crippen molar-refractivity contribution in [3.8, 4) is 16.3 Å². The van der Waals surface area contributed by atoms with Crippen LogP contribution in [0.4, 0.5) is 0 Å². The number of benzene rings is 1. The van der Waals surface area contributed by atoms with Crippen molar-refractivity contribution >= 4 is 11.3 Å². The zero-order chi connectivity index (χ0) is 11.5. The zero-order valence-corrected chi connectivity index (χ0v) is 9.92. The molecule has 1 aromatic heterocycles. The third kappa shape index (κ3) is 2.23. The normalized spacial score (nSPS) is 10.6. The SMILES string of the molecule is Cc1nc(-c2cccc(O)c2)sc1CCN. The molecule has 3 nitrogen and oxygen atoms in total. The molecule has 84 valence electrons. The lowest BCUT2D eigenvalue weighted by molar-refractivity contribution is 0.475. The quantitative estimate of drug-likeness (QED) is 0.857. The lowest BCUT2D eigenvalue weighted by Crippen LogP contribution is -2.01. The van der Waals surface area contributed by atoms with Crippen LogP contribution in [0.25, 0.3) is 10.6 Å². The number of nitrogens with two attached hydrogens (primary N) is 1. The molecule has 0 bridgehead atoms. The second kappa shape index (κ2) is 4.63. The van der Waals surface area contributed by atoms with Crippen LogP contribution in [0.1, 0.15) is 10.6 Å². The summed E-state index contributed by atoms with van der Waals surface area (Å²) in [5.74, 6) is 0.269. The number of aromatic hydroxyl groups is 1. The van der Waals surface area contributed by atoms with Crippen molar-refractivity contribution in [2.45, 2.75) is 13.3 Å². The van der Waals surface area contributed by atoms with Gasteiger partial charge in [-0.25, -0.2) is 4.98 Å². The highest BCUT2D eigenvalue weighted by Crippen LogP contribution is 2.29. The third-order valence-electron chi connectivity index (χ3n) is 2.36. The Labute approximate surface area is 98.6 Å². The number of nitrogens with zero attached hydrogens (tertiary/aromatic N) is 1. The van der Waals surface area contributed by atoms with Gasteiger partial charge in [0.05, 0.1) is 5.69 Å². The van der Waals surface area contributed by atoms with Gasteiger partial charge in [0.25, 0.3) is 0 Å². The van der Waals surface area contributed by atoms with E-state index in [9.17, 15) is 5.11 Å². The Bertz CT molecular complexity index is 494. The van der Waals surface area contributed by atoms with E-state index < -0.39 is 0 Å². The second-order valence-electron chi connectivity index (χ2n) is 3.62. The van der Waals surface area contributed by atoms with E-state index in [1.54, 1.807) is 23.5 Å². The summed E-state index contributed by atoms with van der Waals surface area (Å²) in [4.78, 5) is 5.72. The maximum atomic E-state index is 9.41. The highest BCUT2D eigenvalue weighted by Gasteiger charge is 2.08. The van der Waals surface area contributed by atoms with Crippen molar-refractivity contribution in [1.29, 1.82) is 0 Å². The number of thiazole rings is 1. The maximum absolute atomic E-state index is 9.41. The molecular weight excluding hydrogens is 220 g/mol. The van der Waals surface area contributed by atoms with Gasteiger partial charge in [0.1, 0.15) is 10.8 Å². The Morgan fingerprint density at radius 2 is 2.25 bits per heavy atom. The van der Waals surface area contributed by atoms with Crippen molar-refractivity contribution in [2.75, 3.05) is 6.54 Å². The van der Waals surface area contributed by atoms with Crippen molar-refractivity contribution in [3.05, 3.63) is 34.8 Å². The molecule has 0 saturated carbocycles. The van der Waals surface area contributed by atoms with Gasteiger partial charge in [-0.1, -0.05) is 12.1 Å². The predicted molar refractivity (Wildman–Crippen MR) is 66.7 cm³/mol. The summed E-state index contributed by atoms with van der Waals surface area (Å²) in [7, 11) is 0. The highest BCUT2D eigenvalue weighted by molar-refractivity contribution is 7.15. The topological polar surface area (TPSA) is 59.1 Å². The van der Waals surface area contributed by atoms with Crippen molar-refractivity contribution in [2.24, 2.45) is 5.73 Å². The fraction of sp³-hybridized carbons (Fsp3) is 0.250. The Kier molecular flexibility index (Phi) is 3.22. The molecule has 0 atom stereocenters. The summed E-state index contributed by atoms with van der Waals surface area (Å²) in [6.07, 6.45) is 0.863. The van der Waals surface area contributed by atoms with E-state index >= 15 is 0 Å². The van der Waals surface area contributed by atoms with Gasteiger partial charge in [-0.3, -0.25) is 0 Å². The minimum absolute atomic E-state index is 0.269. The molecule has 3 N–H and O–H groups in total. The average molecular weight is 234 g/mol. The van der Waals surface area contributed by atoms with Gasteiger partial charge >= 0.3 is 0 Å². The van der Waals surface area contributed by atoms with Crippen LogP contribution in [0, 0.1) is 6.92 Å². The van der Waals surface area contributed by atoms with Gasteiger partial charge in [-0.05, 0) is 32.0 Å². The van der Waals surface area contributed by atoms with Crippen LogP contribution in [0.2, 0.25) is 0 Å². The number of hydrogen-bond donors (Lipinski definition) is 2. The van der Waals surface area contributed by atoms with E-state index in [0.29, 0.717) is 6.54 Å². The maximum Gasteiger partial charge on any atom is 0.123 e. The molecule has 1 aromatic carbocycles. The first kappa shape index (κ1) is 11.1. The molecular formula is C12H14N2OS. The number of rotatable bonds is 3. The summed E-state index contributed by atoms with van der Waals surface area (Å²) in [6.45, 7) is 2.64. The van der Waals surface area contributed by atoms with Crippen molar-refractivity contribution < 1.29 is 5.11 Å². The predicted octanol–water partition coefficient (Wildman–Crippen LogP) is 2.33. The summed E-state index contributed by atoms with van der Waals surface area (Å²) >= 11 is 1.64. The lowest BCUT2D eigenvalue weighted by atomic mass is 10.2. The summed E-state index contributed by atoms with van der Waals surface area (Å²) in [5.41, 5.74) is 7.53. The van der Waals surface area contributed by atoms with E-state index in [2.05, 4.69) is 4.98 Å². The molecule has 0 spiro atoms. The molecule has 2 aromatic rings. The van der Waals surface area contributed by atoms with Gasteiger partial charge in [-0.2, -0.15) is 0 Å². The van der Waals surface area contributed by atoms with Gasteiger partial charge in [0.2, 0.25) is 0 Å². The number of phenols is 1. The molecule has 0 radical (unpaired) electrons. The molecule has 0 amide bonds. The van der Waals surface area contributed by atoms with E-state index in [-0.39, 0.29) is 5.75 Å². The Morgan fingerprint density at radius 3 is 2.94 bits per heavy atom. The molecule has 0 aliphatic carbocycles. The zero-order valence-electron chi connectivity index (χ0n) is 9.10. The average Bonchev–Trinajstić information content (AvgIpc) is 2.61. The molecule has 2 rings (SSSR count). The van der Waals surface area contributed by atoms with E-state index in [1.807, 2.05) is 19.1 Å².